The van der Waals surface area contributed by atoms with Gasteiger partial charge in [-0.05, 0) is 34.1 Å². The van der Waals surface area contributed by atoms with Gasteiger partial charge in [-0.15, -0.1) is 0 Å². The smallest absolute Gasteiger partial charge is 0.274 e. The number of aromatic nitrogens is 3. The lowest BCUT2D eigenvalue weighted by Gasteiger charge is -2.09. The summed E-state index contributed by atoms with van der Waals surface area (Å²) < 4.78 is 5.89. The van der Waals surface area contributed by atoms with E-state index in [0.717, 1.165) is 4.47 Å². The van der Waals surface area contributed by atoms with Gasteiger partial charge in [0, 0.05) is 16.7 Å². The first-order valence-corrected chi connectivity index (χ1v) is 7.12. The van der Waals surface area contributed by atoms with Crippen LogP contribution in [0.4, 0.5) is 11.4 Å². The fourth-order valence-electron chi connectivity index (χ4n) is 2.00. The largest absolute Gasteiger partial charge is 0.497 e. The summed E-state index contributed by atoms with van der Waals surface area (Å²) in [6.45, 7) is 0. The van der Waals surface area contributed by atoms with Crippen LogP contribution in [0.15, 0.2) is 34.9 Å². The van der Waals surface area contributed by atoms with Gasteiger partial charge < -0.3 is 15.8 Å². The van der Waals surface area contributed by atoms with Crippen LogP contribution in [0.3, 0.4) is 0 Å². The van der Waals surface area contributed by atoms with Crippen LogP contribution < -0.4 is 15.8 Å². The fourth-order valence-corrected chi connectivity index (χ4v) is 2.33. The number of benzene rings is 1. The van der Waals surface area contributed by atoms with E-state index in [9.17, 15) is 4.79 Å². The Balaban J connectivity index is 1.95. The molecule has 1 amide bonds. The first-order valence-electron chi connectivity index (χ1n) is 6.33. The Morgan fingerprint density at radius 3 is 3.00 bits per heavy atom. The second kappa shape index (κ2) is 5.64. The summed E-state index contributed by atoms with van der Waals surface area (Å²) in [5.74, 6) is 0.241. The number of nitrogen functional groups attached to an aromatic ring is 1. The van der Waals surface area contributed by atoms with Crippen molar-refractivity contribution in [1.29, 1.82) is 0 Å². The number of hydrogen-bond acceptors (Lipinski definition) is 5. The summed E-state index contributed by atoms with van der Waals surface area (Å²) in [6, 6.07) is 6.81. The molecule has 0 unspecified atom stereocenters. The molecular weight excluding hydrogens is 350 g/mol. The number of pyridine rings is 1. The van der Waals surface area contributed by atoms with Crippen LogP contribution in [-0.4, -0.2) is 28.2 Å². The minimum Gasteiger partial charge on any atom is -0.497 e. The molecule has 2 aromatic heterocycles. The van der Waals surface area contributed by atoms with Crippen molar-refractivity contribution in [2.75, 3.05) is 18.2 Å². The molecule has 3 rings (SSSR count). The first-order chi connectivity index (χ1) is 10.6. The molecule has 4 N–H and O–H groups in total. The SMILES string of the molecule is COc1ccc(N)c(NC(=O)c2[nH]nc3ncc(Br)cc23)c1. The summed E-state index contributed by atoms with van der Waals surface area (Å²) in [5, 5.41) is 10.1. The number of H-pyrrole nitrogens is 1. The van der Waals surface area contributed by atoms with Crippen LogP contribution >= 0.6 is 15.9 Å². The van der Waals surface area contributed by atoms with E-state index >= 15 is 0 Å². The summed E-state index contributed by atoms with van der Waals surface area (Å²) in [5.41, 5.74) is 7.55. The average Bonchev–Trinajstić information content (AvgIpc) is 2.92. The van der Waals surface area contributed by atoms with E-state index < -0.39 is 0 Å². The lowest BCUT2D eigenvalue weighted by Crippen LogP contribution is -2.14. The van der Waals surface area contributed by atoms with Crippen LogP contribution in [0.2, 0.25) is 0 Å². The van der Waals surface area contributed by atoms with Gasteiger partial charge in [-0.1, -0.05) is 0 Å². The normalized spacial score (nSPS) is 10.6. The van der Waals surface area contributed by atoms with Crippen molar-refractivity contribution < 1.29 is 9.53 Å². The predicted molar refractivity (Wildman–Crippen MR) is 86.9 cm³/mol. The zero-order valence-corrected chi connectivity index (χ0v) is 13.1. The maximum Gasteiger partial charge on any atom is 0.274 e. The van der Waals surface area contributed by atoms with Gasteiger partial charge in [0.1, 0.15) is 11.4 Å². The molecule has 0 atom stereocenters. The number of carbonyl (C=O) groups is 1. The van der Waals surface area contributed by atoms with Crippen LogP contribution in [0, 0.1) is 0 Å². The molecule has 112 valence electrons. The van der Waals surface area contributed by atoms with Crippen LogP contribution in [0.1, 0.15) is 10.5 Å². The monoisotopic (exact) mass is 361 g/mol. The highest BCUT2D eigenvalue weighted by molar-refractivity contribution is 9.10. The first kappa shape index (κ1) is 14.3. The molecule has 0 aliphatic heterocycles. The van der Waals surface area contributed by atoms with Crippen molar-refractivity contribution >= 4 is 44.2 Å². The number of methoxy groups -OCH3 is 1. The summed E-state index contributed by atoms with van der Waals surface area (Å²) in [4.78, 5) is 16.6. The van der Waals surface area contributed by atoms with E-state index in [0.29, 0.717) is 33.9 Å². The number of nitrogens with zero attached hydrogens (tertiary/aromatic N) is 2. The van der Waals surface area contributed by atoms with Crippen LogP contribution in [0.25, 0.3) is 11.0 Å². The summed E-state index contributed by atoms with van der Waals surface area (Å²) in [6.07, 6.45) is 1.62. The number of anilines is 2. The minimum atomic E-state index is -0.359. The molecule has 0 spiro atoms. The van der Waals surface area contributed by atoms with Crippen LogP contribution in [0.5, 0.6) is 5.75 Å². The Morgan fingerprint density at radius 1 is 1.41 bits per heavy atom. The number of carbonyl (C=O) groups excluding carboxylic acids is 1. The van der Waals surface area contributed by atoms with Crippen LogP contribution in [-0.2, 0) is 0 Å². The van der Waals surface area contributed by atoms with Gasteiger partial charge in [0.25, 0.3) is 5.91 Å². The van der Waals surface area contributed by atoms with Gasteiger partial charge >= 0.3 is 0 Å². The highest BCUT2D eigenvalue weighted by atomic mass is 79.9. The third kappa shape index (κ3) is 2.60. The molecule has 0 fully saturated rings. The Bertz CT molecular complexity index is 862. The molecule has 2 heterocycles. The Morgan fingerprint density at radius 2 is 2.23 bits per heavy atom. The maximum absolute atomic E-state index is 12.4. The maximum atomic E-state index is 12.4. The molecule has 0 aliphatic rings. The second-order valence-electron chi connectivity index (χ2n) is 4.53. The number of aromatic amines is 1. The van der Waals surface area contributed by atoms with E-state index in [1.807, 2.05) is 0 Å². The fraction of sp³-hybridized carbons (Fsp3) is 0.0714. The summed E-state index contributed by atoms with van der Waals surface area (Å²) in [7, 11) is 1.54. The molecule has 0 bridgehead atoms. The zero-order chi connectivity index (χ0) is 15.7. The number of nitrogens with two attached hydrogens (primary N) is 1. The number of halogens is 1. The van der Waals surface area contributed by atoms with Gasteiger partial charge in [-0.3, -0.25) is 9.89 Å². The lowest BCUT2D eigenvalue weighted by atomic mass is 10.2. The van der Waals surface area contributed by atoms with Gasteiger partial charge in [0.2, 0.25) is 0 Å². The molecule has 8 heteroatoms. The van der Waals surface area contributed by atoms with Gasteiger partial charge in [-0.2, -0.15) is 5.10 Å². The van der Waals surface area contributed by atoms with E-state index in [2.05, 4.69) is 36.4 Å². The molecule has 22 heavy (non-hydrogen) atoms. The quantitative estimate of drug-likeness (QED) is 0.621. The minimum absolute atomic E-state index is 0.311. The van der Waals surface area contributed by atoms with Crippen molar-refractivity contribution in [1.82, 2.24) is 15.2 Å². The van der Waals surface area contributed by atoms with Crippen molar-refractivity contribution in [3.63, 3.8) is 0 Å². The van der Waals surface area contributed by atoms with Gasteiger partial charge in [0.15, 0.2) is 5.65 Å². The topological polar surface area (TPSA) is 106 Å². The van der Waals surface area contributed by atoms with Crippen molar-refractivity contribution in [2.45, 2.75) is 0 Å². The number of hydrogen-bond donors (Lipinski definition) is 3. The van der Waals surface area contributed by atoms with Crippen molar-refractivity contribution in [2.24, 2.45) is 0 Å². The number of ether oxygens (including phenoxy) is 1. The number of rotatable bonds is 3. The Kier molecular flexibility index (Phi) is 3.68. The highest BCUT2D eigenvalue weighted by Gasteiger charge is 2.16. The van der Waals surface area contributed by atoms with Crippen molar-refractivity contribution in [3.05, 3.63) is 40.6 Å². The van der Waals surface area contributed by atoms with E-state index in [4.69, 9.17) is 10.5 Å². The lowest BCUT2D eigenvalue weighted by molar-refractivity contribution is 0.102. The van der Waals surface area contributed by atoms with E-state index in [-0.39, 0.29) is 5.91 Å². The number of fused-ring (bicyclic) bond motifs is 1. The third-order valence-corrected chi connectivity index (χ3v) is 3.55. The van der Waals surface area contributed by atoms with Crippen molar-refractivity contribution in [3.8, 4) is 5.75 Å². The molecular formula is C14H12BrN5O2. The number of amides is 1. The second-order valence-corrected chi connectivity index (χ2v) is 5.45. The predicted octanol–water partition coefficient (Wildman–Crippen LogP) is 2.56. The molecule has 7 nitrogen and oxygen atoms in total. The molecule has 0 saturated heterocycles. The molecule has 0 radical (unpaired) electrons. The highest BCUT2D eigenvalue weighted by Crippen LogP contribution is 2.26. The molecule has 3 aromatic rings. The molecule has 0 saturated carbocycles. The summed E-state index contributed by atoms with van der Waals surface area (Å²) >= 11 is 3.33. The van der Waals surface area contributed by atoms with E-state index in [1.54, 1.807) is 37.6 Å². The third-order valence-electron chi connectivity index (χ3n) is 3.11. The molecule has 0 aliphatic carbocycles. The Hall–Kier alpha value is -2.61. The van der Waals surface area contributed by atoms with Gasteiger partial charge in [-0.25, -0.2) is 4.98 Å². The molecule has 1 aromatic carbocycles. The Labute approximate surface area is 134 Å². The van der Waals surface area contributed by atoms with Gasteiger partial charge in [0.05, 0.1) is 23.9 Å². The standard InChI is InChI=1S/C14H12BrN5O2/c1-22-8-2-3-10(16)11(5-8)18-14(21)12-9-4-7(15)6-17-13(9)20-19-12/h2-6H,16H2,1H3,(H,18,21)(H,17,19,20). The average molecular weight is 362 g/mol. The number of nitrogens with one attached hydrogen (secondary N) is 2. The van der Waals surface area contributed by atoms with E-state index in [1.165, 1.54) is 0 Å². The zero-order valence-electron chi connectivity index (χ0n) is 11.6.